The van der Waals surface area contributed by atoms with E-state index < -0.39 is 0 Å². The summed E-state index contributed by atoms with van der Waals surface area (Å²) in [5.74, 6) is 0. The first-order valence-electron chi connectivity index (χ1n) is 5.66. The fourth-order valence-corrected chi connectivity index (χ4v) is 1.68. The lowest BCUT2D eigenvalue weighted by atomic mass is 10.2. The molecule has 86 valence electrons. The third-order valence-electron chi connectivity index (χ3n) is 2.64. The first kappa shape index (κ1) is 11.4. The molecule has 2 aromatic rings. The Morgan fingerprint density at radius 2 is 1.59 bits per heavy atom. The predicted molar refractivity (Wildman–Crippen MR) is 73.6 cm³/mol. The SMILES string of the molecule is Cc1ccccc1N(C)N=Cc1ccccc1. The third kappa shape index (κ3) is 2.94. The molecule has 0 radical (unpaired) electrons. The van der Waals surface area contributed by atoms with Crippen LogP contribution in [0.4, 0.5) is 5.69 Å². The van der Waals surface area contributed by atoms with Crippen molar-refractivity contribution in [2.45, 2.75) is 6.92 Å². The summed E-state index contributed by atoms with van der Waals surface area (Å²) in [5, 5.41) is 6.32. The summed E-state index contributed by atoms with van der Waals surface area (Å²) in [6.45, 7) is 2.09. The molecular weight excluding hydrogens is 208 g/mol. The molecule has 17 heavy (non-hydrogen) atoms. The topological polar surface area (TPSA) is 15.6 Å². The van der Waals surface area contributed by atoms with Crippen molar-refractivity contribution in [3.05, 3.63) is 65.7 Å². The van der Waals surface area contributed by atoms with E-state index in [9.17, 15) is 0 Å². The van der Waals surface area contributed by atoms with Crippen molar-refractivity contribution in [1.82, 2.24) is 0 Å². The van der Waals surface area contributed by atoms with E-state index in [1.54, 1.807) is 0 Å². The maximum Gasteiger partial charge on any atom is 0.0619 e. The highest BCUT2D eigenvalue weighted by Crippen LogP contribution is 2.17. The predicted octanol–water partition coefficient (Wildman–Crippen LogP) is 3.47. The van der Waals surface area contributed by atoms with Gasteiger partial charge in [0, 0.05) is 7.05 Å². The Morgan fingerprint density at radius 1 is 0.941 bits per heavy atom. The van der Waals surface area contributed by atoms with Crippen LogP contribution in [0, 0.1) is 6.92 Å². The highest BCUT2D eigenvalue weighted by molar-refractivity contribution is 5.80. The minimum absolute atomic E-state index is 1.10. The fourth-order valence-electron chi connectivity index (χ4n) is 1.68. The van der Waals surface area contributed by atoms with Crippen LogP contribution in [0.5, 0.6) is 0 Å². The summed E-state index contributed by atoms with van der Waals surface area (Å²) >= 11 is 0. The van der Waals surface area contributed by atoms with Gasteiger partial charge in [0.2, 0.25) is 0 Å². The summed E-state index contributed by atoms with van der Waals surface area (Å²) in [4.78, 5) is 0. The lowest BCUT2D eigenvalue weighted by Gasteiger charge is -2.15. The van der Waals surface area contributed by atoms with Crippen LogP contribution in [-0.4, -0.2) is 13.3 Å². The quantitative estimate of drug-likeness (QED) is 0.576. The van der Waals surface area contributed by atoms with Crippen LogP contribution in [-0.2, 0) is 0 Å². The van der Waals surface area contributed by atoms with Gasteiger partial charge in [-0.3, -0.25) is 5.01 Å². The van der Waals surface area contributed by atoms with E-state index in [1.807, 2.05) is 60.7 Å². The molecule has 2 rings (SSSR count). The van der Waals surface area contributed by atoms with E-state index in [4.69, 9.17) is 0 Å². The van der Waals surface area contributed by atoms with Gasteiger partial charge in [0.25, 0.3) is 0 Å². The molecule has 0 aliphatic rings. The van der Waals surface area contributed by atoms with Gasteiger partial charge < -0.3 is 0 Å². The van der Waals surface area contributed by atoms with Gasteiger partial charge in [-0.15, -0.1) is 0 Å². The molecule has 0 amide bonds. The number of nitrogens with zero attached hydrogens (tertiary/aromatic N) is 2. The van der Waals surface area contributed by atoms with Gasteiger partial charge >= 0.3 is 0 Å². The molecule has 0 fully saturated rings. The van der Waals surface area contributed by atoms with E-state index in [-0.39, 0.29) is 0 Å². The van der Waals surface area contributed by atoms with Crippen LogP contribution in [0.2, 0.25) is 0 Å². The molecule has 2 nitrogen and oxygen atoms in total. The van der Waals surface area contributed by atoms with Crippen molar-refractivity contribution in [1.29, 1.82) is 0 Å². The number of rotatable bonds is 3. The summed E-state index contributed by atoms with van der Waals surface area (Å²) in [6.07, 6.45) is 1.87. The largest absolute Gasteiger partial charge is 0.268 e. The second kappa shape index (κ2) is 5.30. The van der Waals surface area contributed by atoms with E-state index in [2.05, 4.69) is 24.2 Å². The normalized spacial score (nSPS) is 10.7. The maximum atomic E-state index is 4.43. The summed E-state index contributed by atoms with van der Waals surface area (Å²) in [6, 6.07) is 18.3. The zero-order valence-corrected chi connectivity index (χ0v) is 10.2. The lowest BCUT2D eigenvalue weighted by Crippen LogP contribution is -2.10. The molecule has 0 atom stereocenters. The third-order valence-corrected chi connectivity index (χ3v) is 2.64. The lowest BCUT2D eigenvalue weighted by molar-refractivity contribution is 1.01. The van der Waals surface area contributed by atoms with Crippen LogP contribution < -0.4 is 5.01 Å². The highest BCUT2D eigenvalue weighted by atomic mass is 15.4. The van der Waals surface area contributed by atoms with Gasteiger partial charge in [0.15, 0.2) is 0 Å². The van der Waals surface area contributed by atoms with E-state index in [0.717, 1.165) is 11.3 Å². The number of anilines is 1. The van der Waals surface area contributed by atoms with Crippen LogP contribution in [0.1, 0.15) is 11.1 Å². The average Bonchev–Trinajstić information content (AvgIpc) is 2.38. The Bertz CT molecular complexity index is 503. The van der Waals surface area contributed by atoms with Gasteiger partial charge in [0.1, 0.15) is 0 Å². The Kier molecular flexibility index (Phi) is 3.55. The molecule has 2 aromatic carbocycles. The second-order valence-corrected chi connectivity index (χ2v) is 3.97. The molecule has 0 aliphatic heterocycles. The molecule has 0 unspecified atom stereocenters. The number of para-hydroxylation sites is 1. The Labute approximate surface area is 102 Å². The average molecular weight is 224 g/mol. The molecule has 0 saturated heterocycles. The fraction of sp³-hybridized carbons (Fsp3) is 0.133. The zero-order chi connectivity index (χ0) is 12.1. The van der Waals surface area contributed by atoms with Gasteiger partial charge in [0.05, 0.1) is 11.9 Å². The van der Waals surface area contributed by atoms with Crippen molar-refractivity contribution >= 4 is 11.9 Å². The molecule has 0 aliphatic carbocycles. The Balaban J connectivity index is 2.15. The Morgan fingerprint density at radius 3 is 2.29 bits per heavy atom. The number of hydrogen-bond donors (Lipinski definition) is 0. The first-order valence-corrected chi connectivity index (χ1v) is 5.66. The number of benzene rings is 2. The van der Waals surface area contributed by atoms with Crippen LogP contribution in [0.25, 0.3) is 0 Å². The van der Waals surface area contributed by atoms with Crippen LogP contribution in [0.15, 0.2) is 59.7 Å². The van der Waals surface area contributed by atoms with E-state index in [1.165, 1.54) is 5.56 Å². The smallest absolute Gasteiger partial charge is 0.0619 e. The molecular formula is C15H16N2. The van der Waals surface area contributed by atoms with Crippen molar-refractivity contribution in [2.24, 2.45) is 5.10 Å². The Hall–Kier alpha value is -2.09. The van der Waals surface area contributed by atoms with E-state index in [0.29, 0.717) is 0 Å². The summed E-state index contributed by atoms with van der Waals surface area (Å²) in [5.41, 5.74) is 3.45. The standard InChI is InChI=1S/C15H16N2/c1-13-8-6-7-11-15(13)17(2)16-12-14-9-4-3-5-10-14/h3-12H,1-2H3. The van der Waals surface area contributed by atoms with Crippen molar-refractivity contribution < 1.29 is 0 Å². The summed E-state index contributed by atoms with van der Waals surface area (Å²) in [7, 11) is 1.96. The summed E-state index contributed by atoms with van der Waals surface area (Å²) < 4.78 is 0. The molecule has 2 heteroatoms. The molecule has 0 N–H and O–H groups in total. The van der Waals surface area contributed by atoms with Gasteiger partial charge in [-0.05, 0) is 24.1 Å². The maximum absolute atomic E-state index is 4.43. The van der Waals surface area contributed by atoms with Crippen molar-refractivity contribution in [2.75, 3.05) is 12.1 Å². The molecule has 0 saturated carbocycles. The van der Waals surface area contributed by atoms with Crippen molar-refractivity contribution in [3.8, 4) is 0 Å². The molecule has 0 aromatic heterocycles. The number of hydrazone groups is 1. The van der Waals surface area contributed by atoms with Crippen LogP contribution >= 0.6 is 0 Å². The number of aryl methyl sites for hydroxylation is 1. The zero-order valence-electron chi connectivity index (χ0n) is 10.2. The minimum atomic E-state index is 1.10. The molecule has 0 bridgehead atoms. The first-order chi connectivity index (χ1) is 8.27. The van der Waals surface area contributed by atoms with Gasteiger partial charge in [-0.25, -0.2) is 0 Å². The number of hydrogen-bond acceptors (Lipinski definition) is 2. The van der Waals surface area contributed by atoms with Crippen LogP contribution in [0.3, 0.4) is 0 Å². The monoisotopic (exact) mass is 224 g/mol. The highest BCUT2D eigenvalue weighted by Gasteiger charge is 2.00. The molecule has 0 heterocycles. The molecule has 0 spiro atoms. The minimum Gasteiger partial charge on any atom is -0.268 e. The van der Waals surface area contributed by atoms with Crippen molar-refractivity contribution in [3.63, 3.8) is 0 Å². The second-order valence-electron chi connectivity index (χ2n) is 3.97. The van der Waals surface area contributed by atoms with E-state index >= 15 is 0 Å². The van der Waals surface area contributed by atoms with Gasteiger partial charge in [-0.2, -0.15) is 5.10 Å². The van der Waals surface area contributed by atoms with Gasteiger partial charge in [-0.1, -0.05) is 48.5 Å².